The van der Waals surface area contributed by atoms with Crippen LogP contribution in [0, 0.1) is 19.7 Å². The molecule has 0 aliphatic rings. The smallest absolute Gasteiger partial charge is 0.257 e. The van der Waals surface area contributed by atoms with Gasteiger partial charge in [0.25, 0.3) is 5.91 Å². The molecule has 3 nitrogen and oxygen atoms in total. The minimum atomic E-state index is -0.524. The number of nitrogens with one attached hydrogen (secondary N) is 1. The van der Waals surface area contributed by atoms with Gasteiger partial charge in [-0.15, -0.1) is 0 Å². The number of anilines is 1. The van der Waals surface area contributed by atoms with Crippen molar-refractivity contribution in [3.8, 4) is 0 Å². The number of benzene rings is 2. The van der Waals surface area contributed by atoms with Crippen molar-refractivity contribution in [3.63, 3.8) is 0 Å². The van der Waals surface area contributed by atoms with Crippen molar-refractivity contribution in [1.82, 2.24) is 4.98 Å². The summed E-state index contributed by atoms with van der Waals surface area (Å²) >= 11 is 5.75. The molecule has 2 aromatic carbocycles. The summed E-state index contributed by atoms with van der Waals surface area (Å²) in [6.45, 7) is 3.69. The lowest BCUT2D eigenvalue weighted by Gasteiger charge is -2.13. The molecule has 0 radical (unpaired) electrons. The van der Waals surface area contributed by atoms with Crippen molar-refractivity contribution >= 4 is 34.1 Å². The van der Waals surface area contributed by atoms with E-state index in [2.05, 4.69) is 10.3 Å². The third-order valence-electron chi connectivity index (χ3n) is 3.74. The molecule has 0 aliphatic heterocycles. The van der Waals surface area contributed by atoms with Crippen LogP contribution in [0.3, 0.4) is 0 Å². The van der Waals surface area contributed by atoms with Crippen LogP contribution in [-0.4, -0.2) is 10.9 Å². The summed E-state index contributed by atoms with van der Waals surface area (Å²) in [4.78, 5) is 17.1. The standard InChI is InChI=1S/C18H14ClFN2O/c1-10-13-5-3-4-6-16(13)21-11(2)17(10)18(23)22-12-7-8-15(20)14(19)9-12/h3-9H,1-2H3,(H,22,23). The van der Waals surface area contributed by atoms with Crippen molar-refractivity contribution < 1.29 is 9.18 Å². The fraction of sp³-hybridized carbons (Fsp3) is 0.111. The van der Waals surface area contributed by atoms with E-state index in [1.807, 2.05) is 31.2 Å². The number of hydrogen-bond donors (Lipinski definition) is 1. The summed E-state index contributed by atoms with van der Waals surface area (Å²) in [5.74, 6) is -0.815. The largest absolute Gasteiger partial charge is 0.322 e. The van der Waals surface area contributed by atoms with E-state index < -0.39 is 5.82 Å². The zero-order chi connectivity index (χ0) is 16.6. The van der Waals surface area contributed by atoms with Crippen LogP contribution >= 0.6 is 11.6 Å². The first-order valence-corrected chi connectivity index (χ1v) is 7.47. The van der Waals surface area contributed by atoms with Crippen molar-refractivity contribution in [3.05, 3.63) is 70.1 Å². The van der Waals surface area contributed by atoms with Gasteiger partial charge in [-0.3, -0.25) is 9.78 Å². The minimum Gasteiger partial charge on any atom is -0.322 e. The van der Waals surface area contributed by atoms with Gasteiger partial charge in [0.15, 0.2) is 0 Å². The highest BCUT2D eigenvalue weighted by Crippen LogP contribution is 2.24. The first-order chi connectivity index (χ1) is 11.0. The van der Waals surface area contributed by atoms with E-state index >= 15 is 0 Å². The number of fused-ring (bicyclic) bond motifs is 1. The van der Waals surface area contributed by atoms with E-state index in [1.165, 1.54) is 18.2 Å². The molecule has 0 fully saturated rings. The van der Waals surface area contributed by atoms with E-state index in [0.717, 1.165) is 16.5 Å². The maximum atomic E-state index is 13.2. The predicted molar refractivity (Wildman–Crippen MR) is 90.6 cm³/mol. The molecule has 3 rings (SSSR count). The zero-order valence-electron chi connectivity index (χ0n) is 12.7. The number of hydrogen-bond acceptors (Lipinski definition) is 2. The number of rotatable bonds is 2. The van der Waals surface area contributed by atoms with Crippen LogP contribution in [0.5, 0.6) is 0 Å². The molecule has 1 heterocycles. The van der Waals surface area contributed by atoms with E-state index in [4.69, 9.17) is 11.6 Å². The van der Waals surface area contributed by atoms with Gasteiger partial charge in [0.2, 0.25) is 0 Å². The Hall–Kier alpha value is -2.46. The second-order valence-corrected chi connectivity index (χ2v) is 5.70. The Bertz CT molecular complexity index is 924. The zero-order valence-corrected chi connectivity index (χ0v) is 13.4. The summed E-state index contributed by atoms with van der Waals surface area (Å²) in [6.07, 6.45) is 0. The average molecular weight is 329 g/mol. The van der Waals surface area contributed by atoms with Crippen LogP contribution in [0.2, 0.25) is 5.02 Å². The van der Waals surface area contributed by atoms with Crippen LogP contribution in [-0.2, 0) is 0 Å². The van der Waals surface area contributed by atoms with Gasteiger partial charge < -0.3 is 5.32 Å². The Labute approximate surface area is 138 Å². The molecule has 0 spiro atoms. The van der Waals surface area contributed by atoms with Crippen LogP contribution < -0.4 is 5.32 Å². The topological polar surface area (TPSA) is 42.0 Å². The Kier molecular flexibility index (Phi) is 4.01. The fourth-order valence-electron chi connectivity index (χ4n) is 2.63. The van der Waals surface area contributed by atoms with E-state index in [1.54, 1.807) is 6.92 Å². The number of aromatic nitrogens is 1. The highest BCUT2D eigenvalue weighted by Gasteiger charge is 2.16. The number of pyridine rings is 1. The maximum Gasteiger partial charge on any atom is 0.257 e. The van der Waals surface area contributed by atoms with Crippen LogP contribution in [0.15, 0.2) is 42.5 Å². The van der Waals surface area contributed by atoms with Gasteiger partial charge in [0.05, 0.1) is 21.8 Å². The predicted octanol–water partition coefficient (Wildman–Crippen LogP) is 4.90. The molecule has 0 unspecified atom stereocenters. The molecule has 1 amide bonds. The number of carbonyl (C=O) groups is 1. The van der Waals surface area contributed by atoms with Crippen molar-refractivity contribution in [2.45, 2.75) is 13.8 Å². The van der Waals surface area contributed by atoms with Gasteiger partial charge in [0, 0.05) is 11.1 Å². The molecule has 0 saturated heterocycles. The van der Waals surface area contributed by atoms with Crippen molar-refractivity contribution in [2.24, 2.45) is 0 Å². The number of carbonyl (C=O) groups excluding carboxylic acids is 1. The summed E-state index contributed by atoms with van der Waals surface area (Å²) in [5, 5.41) is 3.64. The highest BCUT2D eigenvalue weighted by atomic mass is 35.5. The Morgan fingerprint density at radius 1 is 1.17 bits per heavy atom. The first kappa shape index (κ1) is 15.4. The molecule has 1 N–H and O–H groups in total. The van der Waals surface area contributed by atoms with Crippen LogP contribution in [0.4, 0.5) is 10.1 Å². The lowest BCUT2D eigenvalue weighted by Crippen LogP contribution is -2.16. The Morgan fingerprint density at radius 3 is 2.65 bits per heavy atom. The minimum absolute atomic E-state index is 0.0344. The van der Waals surface area contributed by atoms with Crippen molar-refractivity contribution in [1.29, 1.82) is 0 Å². The Morgan fingerprint density at radius 2 is 1.91 bits per heavy atom. The quantitative estimate of drug-likeness (QED) is 0.727. The van der Waals surface area contributed by atoms with Crippen LogP contribution in [0.25, 0.3) is 10.9 Å². The van der Waals surface area contributed by atoms with Gasteiger partial charge in [-0.05, 0) is 43.7 Å². The number of nitrogens with zero attached hydrogens (tertiary/aromatic N) is 1. The van der Waals surface area contributed by atoms with Crippen LogP contribution in [0.1, 0.15) is 21.6 Å². The fourth-order valence-corrected chi connectivity index (χ4v) is 2.81. The van der Waals surface area contributed by atoms with E-state index in [9.17, 15) is 9.18 Å². The number of para-hydroxylation sites is 1. The molecule has 5 heteroatoms. The molecule has 0 atom stereocenters. The van der Waals surface area contributed by atoms with Gasteiger partial charge in [0.1, 0.15) is 5.82 Å². The lowest BCUT2D eigenvalue weighted by molar-refractivity contribution is 0.102. The molecule has 0 saturated carbocycles. The average Bonchev–Trinajstić information content (AvgIpc) is 2.51. The first-order valence-electron chi connectivity index (χ1n) is 7.09. The summed E-state index contributed by atoms with van der Waals surface area (Å²) in [6, 6.07) is 11.7. The van der Waals surface area contributed by atoms with Gasteiger partial charge in [-0.25, -0.2) is 4.39 Å². The molecule has 116 valence electrons. The lowest BCUT2D eigenvalue weighted by atomic mass is 10.0. The third kappa shape index (κ3) is 2.90. The number of amides is 1. The molecule has 1 aromatic heterocycles. The monoisotopic (exact) mass is 328 g/mol. The molecule has 0 bridgehead atoms. The molecule has 3 aromatic rings. The maximum absolute atomic E-state index is 13.2. The van der Waals surface area contributed by atoms with Gasteiger partial charge in [-0.2, -0.15) is 0 Å². The van der Waals surface area contributed by atoms with E-state index in [0.29, 0.717) is 16.9 Å². The molecular weight excluding hydrogens is 315 g/mol. The summed E-state index contributed by atoms with van der Waals surface area (Å²) < 4.78 is 13.2. The second-order valence-electron chi connectivity index (χ2n) is 5.30. The van der Waals surface area contributed by atoms with Crippen molar-refractivity contribution in [2.75, 3.05) is 5.32 Å². The SMILES string of the molecule is Cc1nc2ccccc2c(C)c1C(=O)Nc1ccc(F)c(Cl)c1. The summed E-state index contributed by atoms with van der Waals surface area (Å²) in [5.41, 5.74) is 3.31. The Balaban J connectivity index is 2.02. The van der Waals surface area contributed by atoms with E-state index in [-0.39, 0.29) is 10.9 Å². The summed E-state index contributed by atoms with van der Waals surface area (Å²) in [7, 11) is 0. The second kappa shape index (κ2) is 5.97. The highest BCUT2D eigenvalue weighted by molar-refractivity contribution is 6.31. The number of halogens is 2. The molecular formula is C18H14ClFN2O. The molecule has 0 aliphatic carbocycles. The molecule has 23 heavy (non-hydrogen) atoms. The van der Waals surface area contributed by atoms with Gasteiger partial charge >= 0.3 is 0 Å². The number of aryl methyl sites for hydroxylation is 2. The van der Waals surface area contributed by atoms with Gasteiger partial charge in [-0.1, -0.05) is 29.8 Å². The third-order valence-corrected chi connectivity index (χ3v) is 4.03. The normalized spacial score (nSPS) is 10.8.